The first-order valence-electron chi connectivity index (χ1n) is 9.93. The van der Waals surface area contributed by atoms with Gasteiger partial charge < -0.3 is 15.4 Å². The smallest absolute Gasteiger partial charge is 0.273 e. The van der Waals surface area contributed by atoms with Gasteiger partial charge in [0.1, 0.15) is 11.5 Å². The highest BCUT2D eigenvalue weighted by molar-refractivity contribution is 5.91. The number of hydrogen-bond acceptors (Lipinski definition) is 5. The fourth-order valence-electron chi connectivity index (χ4n) is 3.44. The van der Waals surface area contributed by atoms with Gasteiger partial charge in [0.25, 0.3) is 5.91 Å². The average Bonchev–Trinajstić information content (AvgIpc) is 3.26. The lowest BCUT2D eigenvalue weighted by molar-refractivity contribution is 0.0945. The Morgan fingerprint density at radius 1 is 1.14 bits per heavy atom. The van der Waals surface area contributed by atoms with Crippen molar-refractivity contribution in [2.45, 2.75) is 32.4 Å². The second-order valence-electron chi connectivity index (χ2n) is 7.22. The van der Waals surface area contributed by atoms with Crippen molar-refractivity contribution in [2.24, 2.45) is 0 Å². The van der Waals surface area contributed by atoms with Gasteiger partial charge in [0.05, 0.1) is 12.2 Å². The Kier molecular flexibility index (Phi) is 5.86. The van der Waals surface area contributed by atoms with Gasteiger partial charge in [-0.1, -0.05) is 41.6 Å². The van der Waals surface area contributed by atoms with E-state index in [4.69, 9.17) is 4.74 Å². The minimum Gasteiger partial charge on any atom is -0.457 e. The van der Waals surface area contributed by atoms with E-state index in [-0.39, 0.29) is 5.91 Å². The van der Waals surface area contributed by atoms with Gasteiger partial charge >= 0.3 is 0 Å². The Balaban J connectivity index is 1.41. The molecule has 150 valence electrons. The molecule has 0 atom stereocenters. The van der Waals surface area contributed by atoms with Crippen molar-refractivity contribution in [1.29, 1.82) is 0 Å². The molecule has 3 aromatic rings. The number of aromatic nitrogens is 3. The molecule has 7 nitrogen and oxygen atoms in total. The van der Waals surface area contributed by atoms with Crippen molar-refractivity contribution in [2.75, 3.05) is 13.1 Å². The fraction of sp³-hybridized carbons (Fsp3) is 0.318. The van der Waals surface area contributed by atoms with Crippen molar-refractivity contribution >= 4 is 5.91 Å². The molecule has 1 fully saturated rings. The van der Waals surface area contributed by atoms with Crippen molar-refractivity contribution in [3.8, 4) is 11.5 Å². The monoisotopic (exact) mass is 391 g/mol. The van der Waals surface area contributed by atoms with Crippen LogP contribution in [0, 0.1) is 6.92 Å². The lowest BCUT2D eigenvalue weighted by Gasteiger charge is -2.22. The van der Waals surface area contributed by atoms with Crippen LogP contribution in [0.25, 0.3) is 0 Å². The van der Waals surface area contributed by atoms with Gasteiger partial charge in [-0.3, -0.25) is 4.79 Å². The van der Waals surface area contributed by atoms with E-state index in [0.29, 0.717) is 18.3 Å². The molecule has 2 aromatic carbocycles. The summed E-state index contributed by atoms with van der Waals surface area (Å²) < 4.78 is 7.88. The van der Waals surface area contributed by atoms with E-state index < -0.39 is 0 Å². The molecule has 0 saturated carbocycles. The number of carbonyl (C=O) groups is 1. The maximum absolute atomic E-state index is 12.6. The number of nitrogens with one attached hydrogen (secondary N) is 2. The van der Waals surface area contributed by atoms with Crippen LogP contribution >= 0.6 is 0 Å². The number of rotatable bonds is 6. The molecule has 0 spiro atoms. The van der Waals surface area contributed by atoms with Crippen LogP contribution in [-0.2, 0) is 6.54 Å². The van der Waals surface area contributed by atoms with Crippen molar-refractivity contribution < 1.29 is 9.53 Å². The van der Waals surface area contributed by atoms with Crippen LogP contribution in [0.4, 0.5) is 0 Å². The van der Waals surface area contributed by atoms with Gasteiger partial charge in [0.2, 0.25) is 0 Å². The van der Waals surface area contributed by atoms with E-state index in [1.807, 2.05) is 60.1 Å². The van der Waals surface area contributed by atoms with Crippen LogP contribution in [-0.4, -0.2) is 34.0 Å². The van der Waals surface area contributed by atoms with E-state index in [2.05, 4.69) is 20.9 Å². The first-order valence-corrected chi connectivity index (χ1v) is 9.93. The number of piperidine rings is 1. The lowest BCUT2D eigenvalue weighted by Crippen LogP contribution is -2.29. The summed E-state index contributed by atoms with van der Waals surface area (Å²) in [5, 5.41) is 14.5. The zero-order chi connectivity index (χ0) is 20.1. The Morgan fingerprint density at radius 2 is 1.86 bits per heavy atom. The summed E-state index contributed by atoms with van der Waals surface area (Å²) in [6.07, 6.45) is 3.73. The van der Waals surface area contributed by atoms with E-state index in [1.165, 1.54) is 0 Å². The predicted molar refractivity (Wildman–Crippen MR) is 110 cm³/mol. The average molecular weight is 391 g/mol. The predicted octanol–water partition coefficient (Wildman–Crippen LogP) is 3.23. The standard InChI is InChI=1S/C22H25N5O2/c1-16-6-2-4-8-20(16)29-21-9-5-3-7-17(21)14-24-22(28)19-15-27(26-25-19)18-10-12-23-13-11-18/h2-9,15,18,23H,10-14H2,1H3,(H,24,28). The highest BCUT2D eigenvalue weighted by Gasteiger charge is 2.19. The summed E-state index contributed by atoms with van der Waals surface area (Å²) in [7, 11) is 0. The van der Waals surface area contributed by atoms with E-state index in [0.717, 1.165) is 48.6 Å². The molecule has 29 heavy (non-hydrogen) atoms. The van der Waals surface area contributed by atoms with E-state index in [9.17, 15) is 4.79 Å². The van der Waals surface area contributed by atoms with Gasteiger partial charge in [0.15, 0.2) is 5.69 Å². The van der Waals surface area contributed by atoms with Crippen LogP contribution in [0.5, 0.6) is 11.5 Å². The molecule has 1 aliphatic heterocycles. The first kappa shape index (κ1) is 19.1. The Bertz CT molecular complexity index is 979. The molecule has 1 saturated heterocycles. The Morgan fingerprint density at radius 3 is 2.66 bits per heavy atom. The molecule has 1 aliphatic rings. The molecule has 2 N–H and O–H groups in total. The second kappa shape index (κ2) is 8.87. The highest BCUT2D eigenvalue weighted by atomic mass is 16.5. The minimum atomic E-state index is -0.240. The summed E-state index contributed by atoms with van der Waals surface area (Å²) in [5.41, 5.74) is 2.29. The lowest BCUT2D eigenvalue weighted by atomic mass is 10.1. The third-order valence-electron chi connectivity index (χ3n) is 5.15. The summed E-state index contributed by atoms with van der Waals surface area (Å²) in [5.74, 6) is 1.28. The number of carbonyl (C=O) groups excluding carboxylic acids is 1. The number of para-hydroxylation sites is 2. The fourth-order valence-corrected chi connectivity index (χ4v) is 3.44. The molecular formula is C22H25N5O2. The third kappa shape index (κ3) is 4.63. The van der Waals surface area contributed by atoms with Crippen molar-refractivity contribution in [1.82, 2.24) is 25.6 Å². The van der Waals surface area contributed by atoms with Crippen LogP contribution in [0.3, 0.4) is 0 Å². The SMILES string of the molecule is Cc1ccccc1Oc1ccccc1CNC(=O)c1cn(C2CCNCC2)nn1. The zero-order valence-electron chi connectivity index (χ0n) is 16.5. The van der Waals surface area contributed by atoms with E-state index in [1.54, 1.807) is 6.20 Å². The van der Waals surface area contributed by atoms with Gasteiger partial charge in [-0.25, -0.2) is 4.68 Å². The zero-order valence-corrected chi connectivity index (χ0v) is 16.5. The van der Waals surface area contributed by atoms with Crippen LogP contribution in [0.2, 0.25) is 0 Å². The molecule has 1 aromatic heterocycles. The number of nitrogens with zero attached hydrogens (tertiary/aromatic N) is 3. The van der Waals surface area contributed by atoms with Gasteiger partial charge in [-0.15, -0.1) is 5.10 Å². The molecule has 0 bridgehead atoms. The molecule has 2 heterocycles. The minimum absolute atomic E-state index is 0.240. The number of amides is 1. The number of ether oxygens (including phenoxy) is 1. The molecule has 0 radical (unpaired) electrons. The molecule has 0 unspecified atom stereocenters. The molecule has 7 heteroatoms. The second-order valence-corrected chi connectivity index (χ2v) is 7.22. The summed E-state index contributed by atoms with van der Waals surface area (Å²) in [4.78, 5) is 12.6. The maximum atomic E-state index is 12.6. The summed E-state index contributed by atoms with van der Waals surface area (Å²) in [6, 6.07) is 15.9. The number of benzene rings is 2. The van der Waals surface area contributed by atoms with Crippen LogP contribution in [0.15, 0.2) is 54.7 Å². The Hall–Kier alpha value is -3.19. The van der Waals surface area contributed by atoms with Gasteiger partial charge in [-0.05, 0) is 50.6 Å². The normalized spacial score (nSPS) is 14.5. The topological polar surface area (TPSA) is 81.1 Å². The largest absolute Gasteiger partial charge is 0.457 e. The van der Waals surface area contributed by atoms with Gasteiger partial charge in [-0.2, -0.15) is 0 Å². The number of hydrogen-bond donors (Lipinski definition) is 2. The maximum Gasteiger partial charge on any atom is 0.273 e. The summed E-state index contributed by atoms with van der Waals surface area (Å²) in [6.45, 7) is 4.28. The van der Waals surface area contributed by atoms with E-state index >= 15 is 0 Å². The molecule has 1 amide bonds. The van der Waals surface area contributed by atoms with Gasteiger partial charge in [0, 0.05) is 12.1 Å². The molecule has 4 rings (SSSR count). The third-order valence-corrected chi connectivity index (χ3v) is 5.15. The Labute approximate surface area is 170 Å². The van der Waals surface area contributed by atoms with Crippen LogP contribution < -0.4 is 15.4 Å². The number of aryl methyl sites for hydroxylation is 1. The van der Waals surface area contributed by atoms with Crippen LogP contribution in [0.1, 0.15) is 40.5 Å². The molecular weight excluding hydrogens is 366 g/mol. The molecule has 0 aliphatic carbocycles. The highest BCUT2D eigenvalue weighted by Crippen LogP contribution is 2.27. The van der Waals surface area contributed by atoms with Crippen molar-refractivity contribution in [3.63, 3.8) is 0 Å². The first-order chi connectivity index (χ1) is 14.2. The summed E-state index contributed by atoms with van der Waals surface area (Å²) >= 11 is 0. The quantitative estimate of drug-likeness (QED) is 0.674. The van der Waals surface area contributed by atoms with Crippen molar-refractivity contribution in [3.05, 3.63) is 71.5 Å².